The molecule has 1 aliphatic heterocycles. The second-order valence-electron chi connectivity index (χ2n) is 5.16. The molecule has 0 aromatic carbocycles. The molecule has 21 heavy (non-hydrogen) atoms. The number of hydrogen-bond donors (Lipinski definition) is 2. The zero-order chi connectivity index (χ0) is 15.6. The highest BCUT2D eigenvalue weighted by Gasteiger charge is 2.43. The highest BCUT2D eigenvalue weighted by Crippen LogP contribution is 2.18. The van der Waals surface area contributed by atoms with E-state index in [1.54, 1.807) is 13.8 Å². The van der Waals surface area contributed by atoms with Crippen LogP contribution >= 0.6 is 11.3 Å². The largest absolute Gasteiger partial charge is 0.325 e. The molecular formula is C12H17N5O3S. The summed E-state index contributed by atoms with van der Waals surface area (Å²) in [5.41, 5.74) is -0.914. The van der Waals surface area contributed by atoms with Crippen molar-refractivity contribution in [3.8, 4) is 0 Å². The van der Waals surface area contributed by atoms with Crippen LogP contribution in [0.1, 0.15) is 32.2 Å². The number of nitrogens with one attached hydrogen (secondary N) is 2. The zero-order valence-electron chi connectivity index (χ0n) is 12.1. The van der Waals surface area contributed by atoms with Crippen LogP contribution in [-0.2, 0) is 16.0 Å². The number of rotatable bonds is 5. The van der Waals surface area contributed by atoms with Crippen LogP contribution in [0.3, 0.4) is 0 Å². The van der Waals surface area contributed by atoms with E-state index in [9.17, 15) is 14.4 Å². The van der Waals surface area contributed by atoms with Gasteiger partial charge in [-0.15, -0.1) is 10.2 Å². The van der Waals surface area contributed by atoms with Crippen LogP contribution in [0.5, 0.6) is 0 Å². The molecule has 0 saturated carbocycles. The van der Waals surface area contributed by atoms with Crippen molar-refractivity contribution in [2.45, 2.75) is 39.2 Å². The Morgan fingerprint density at radius 1 is 1.38 bits per heavy atom. The smallest absolute Gasteiger partial charge is 0.324 e. The third-order valence-corrected chi connectivity index (χ3v) is 4.01. The van der Waals surface area contributed by atoms with E-state index >= 15 is 0 Å². The molecule has 0 atom stereocenters. The molecule has 1 aliphatic rings. The molecular weight excluding hydrogens is 294 g/mol. The highest BCUT2D eigenvalue weighted by atomic mass is 32.1. The van der Waals surface area contributed by atoms with Crippen molar-refractivity contribution >= 4 is 34.3 Å². The molecule has 1 aromatic rings. The standard InChI is InChI=1S/C12H17N5O3S/c1-4-8-15-16-10(21-8)13-7(18)5-6-17-9(19)12(2,3)14-11(17)20/h4-6H2,1-3H3,(H,14,20)(H,13,16,18). The molecule has 4 amide bonds. The number of carbonyl (C=O) groups is 3. The molecule has 8 nitrogen and oxygen atoms in total. The average molecular weight is 311 g/mol. The van der Waals surface area contributed by atoms with Crippen LogP contribution < -0.4 is 10.6 Å². The van der Waals surface area contributed by atoms with Gasteiger partial charge in [0.05, 0.1) is 0 Å². The summed E-state index contributed by atoms with van der Waals surface area (Å²) in [7, 11) is 0. The lowest BCUT2D eigenvalue weighted by atomic mass is 10.1. The summed E-state index contributed by atoms with van der Waals surface area (Å²) in [4.78, 5) is 36.4. The van der Waals surface area contributed by atoms with E-state index in [0.29, 0.717) is 5.13 Å². The summed E-state index contributed by atoms with van der Waals surface area (Å²) < 4.78 is 0. The Morgan fingerprint density at radius 2 is 2.10 bits per heavy atom. The molecule has 0 radical (unpaired) electrons. The number of aromatic nitrogens is 2. The first kappa shape index (κ1) is 15.4. The van der Waals surface area contributed by atoms with E-state index in [1.165, 1.54) is 11.3 Å². The number of aryl methyl sites for hydroxylation is 1. The van der Waals surface area contributed by atoms with E-state index in [-0.39, 0.29) is 24.8 Å². The van der Waals surface area contributed by atoms with Gasteiger partial charge >= 0.3 is 6.03 Å². The Balaban J connectivity index is 1.87. The van der Waals surface area contributed by atoms with Crippen LogP contribution in [0, 0.1) is 0 Å². The molecule has 2 rings (SSSR count). The summed E-state index contributed by atoms with van der Waals surface area (Å²) in [6.07, 6.45) is 0.779. The predicted molar refractivity (Wildman–Crippen MR) is 76.9 cm³/mol. The maximum Gasteiger partial charge on any atom is 0.325 e. The Morgan fingerprint density at radius 3 is 2.62 bits per heavy atom. The summed E-state index contributed by atoms with van der Waals surface area (Å²) in [5, 5.41) is 14.2. The molecule has 0 bridgehead atoms. The highest BCUT2D eigenvalue weighted by molar-refractivity contribution is 7.15. The molecule has 114 valence electrons. The minimum Gasteiger partial charge on any atom is -0.324 e. The number of hydrogen-bond acceptors (Lipinski definition) is 6. The molecule has 0 spiro atoms. The first-order valence-corrected chi connectivity index (χ1v) is 7.41. The van der Waals surface area contributed by atoms with Gasteiger partial charge in [-0.25, -0.2) is 4.79 Å². The van der Waals surface area contributed by atoms with Gasteiger partial charge in [0.15, 0.2) is 0 Å². The van der Waals surface area contributed by atoms with Gasteiger partial charge < -0.3 is 10.6 Å². The molecule has 9 heteroatoms. The van der Waals surface area contributed by atoms with Crippen molar-refractivity contribution in [3.05, 3.63) is 5.01 Å². The lowest BCUT2D eigenvalue weighted by Gasteiger charge is -2.15. The molecule has 0 unspecified atom stereocenters. The van der Waals surface area contributed by atoms with E-state index in [2.05, 4.69) is 20.8 Å². The molecule has 2 N–H and O–H groups in total. The van der Waals surface area contributed by atoms with E-state index < -0.39 is 11.6 Å². The van der Waals surface area contributed by atoms with Gasteiger partial charge in [0.2, 0.25) is 11.0 Å². The maximum atomic E-state index is 11.9. The van der Waals surface area contributed by atoms with Crippen molar-refractivity contribution in [3.63, 3.8) is 0 Å². The molecule has 2 heterocycles. The third-order valence-electron chi connectivity index (χ3n) is 3.02. The third kappa shape index (κ3) is 3.35. The summed E-state index contributed by atoms with van der Waals surface area (Å²) >= 11 is 1.31. The van der Waals surface area contributed by atoms with Crippen LogP contribution in [0.4, 0.5) is 9.93 Å². The lowest BCUT2D eigenvalue weighted by Crippen LogP contribution is -2.40. The summed E-state index contributed by atoms with van der Waals surface area (Å²) in [5.74, 6) is -0.636. The average Bonchev–Trinajstić information content (AvgIpc) is 2.92. The van der Waals surface area contributed by atoms with Crippen molar-refractivity contribution in [2.24, 2.45) is 0 Å². The molecule has 0 aliphatic carbocycles. The van der Waals surface area contributed by atoms with Crippen LogP contribution in [-0.4, -0.2) is 45.0 Å². The molecule has 1 fully saturated rings. The van der Waals surface area contributed by atoms with Gasteiger partial charge in [0.1, 0.15) is 10.5 Å². The van der Waals surface area contributed by atoms with Crippen molar-refractivity contribution in [2.75, 3.05) is 11.9 Å². The Labute approximate surface area is 125 Å². The lowest BCUT2D eigenvalue weighted by molar-refractivity contribution is -0.130. The number of nitrogens with zero attached hydrogens (tertiary/aromatic N) is 3. The monoisotopic (exact) mass is 311 g/mol. The minimum absolute atomic E-state index is 0.0241. The van der Waals surface area contributed by atoms with Gasteiger partial charge in [-0.3, -0.25) is 14.5 Å². The number of carbonyl (C=O) groups excluding carboxylic acids is 3. The fourth-order valence-corrected chi connectivity index (χ4v) is 2.56. The fourth-order valence-electron chi connectivity index (χ4n) is 1.86. The van der Waals surface area contributed by atoms with E-state index in [0.717, 1.165) is 16.3 Å². The summed E-state index contributed by atoms with van der Waals surface area (Å²) in [6.45, 7) is 5.24. The Hall–Kier alpha value is -2.03. The number of amides is 4. The Bertz CT molecular complexity index is 583. The minimum atomic E-state index is -0.914. The number of anilines is 1. The van der Waals surface area contributed by atoms with E-state index in [1.807, 2.05) is 6.92 Å². The van der Waals surface area contributed by atoms with Crippen LogP contribution in [0.15, 0.2) is 0 Å². The SMILES string of the molecule is CCc1nnc(NC(=O)CCN2C(=O)NC(C)(C)C2=O)s1. The van der Waals surface area contributed by atoms with Crippen molar-refractivity contribution in [1.29, 1.82) is 0 Å². The topological polar surface area (TPSA) is 104 Å². The fraction of sp³-hybridized carbons (Fsp3) is 0.583. The molecule has 1 aromatic heterocycles. The first-order valence-electron chi connectivity index (χ1n) is 6.60. The van der Waals surface area contributed by atoms with Gasteiger partial charge in [-0.1, -0.05) is 18.3 Å². The van der Waals surface area contributed by atoms with Crippen molar-refractivity contribution in [1.82, 2.24) is 20.4 Å². The van der Waals surface area contributed by atoms with Gasteiger partial charge in [-0.2, -0.15) is 0 Å². The number of imide groups is 1. The quantitative estimate of drug-likeness (QED) is 0.781. The zero-order valence-corrected chi connectivity index (χ0v) is 12.9. The molecule has 1 saturated heterocycles. The second-order valence-corrected chi connectivity index (χ2v) is 6.23. The van der Waals surface area contributed by atoms with Gasteiger partial charge in [0, 0.05) is 13.0 Å². The van der Waals surface area contributed by atoms with Crippen molar-refractivity contribution < 1.29 is 14.4 Å². The van der Waals surface area contributed by atoms with Crippen LogP contribution in [0.25, 0.3) is 0 Å². The first-order chi connectivity index (χ1) is 9.83. The maximum absolute atomic E-state index is 11.9. The second kappa shape index (κ2) is 5.76. The summed E-state index contributed by atoms with van der Waals surface area (Å²) in [6, 6.07) is -0.470. The van der Waals surface area contributed by atoms with Crippen LogP contribution in [0.2, 0.25) is 0 Å². The van der Waals surface area contributed by atoms with E-state index in [4.69, 9.17) is 0 Å². The predicted octanol–water partition coefficient (Wildman–Crippen LogP) is 0.759. The van der Waals surface area contributed by atoms with Gasteiger partial charge in [-0.05, 0) is 20.3 Å². The number of urea groups is 1. The van der Waals surface area contributed by atoms with Gasteiger partial charge in [0.25, 0.3) is 5.91 Å². The Kier molecular flexibility index (Phi) is 4.21. The normalized spacial score (nSPS) is 17.0.